The molecule has 2 unspecified atom stereocenters. The molecule has 0 fully saturated rings. The van der Waals surface area contributed by atoms with Crippen LogP contribution in [-0.4, -0.2) is 25.7 Å². The van der Waals surface area contributed by atoms with E-state index < -0.39 is 6.10 Å². The fourth-order valence-electron chi connectivity index (χ4n) is 2.50. The zero-order valence-corrected chi connectivity index (χ0v) is 16.7. The number of methoxy groups -OCH3 is 1. The lowest BCUT2D eigenvalue weighted by Gasteiger charge is -2.20. The summed E-state index contributed by atoms with van der Waals surface area (Å²) in [6.45, 7) is 8.47. The van der Waals surface area contributed by atoms with E-state index in [-0.39, 0.29) is 11.9 Å². The van der Waals surface area contributed by atoms with E-state index in [1.54, 1.807) is 14.0 Å². The summed E-state index contributed by atoms with van der Waals surface area (Å²) in [5.41, 5.74) is 0.934. The van der Waals surface area contributed by atoms with Crippen molar-refractivity contribution in [3.8, 4) is 17.2 Å². The number of amides is 1. The maximum atomic E-state index is 12.4. The van der Waals surface area contributed by atoms with Crippen LogP contribution in [0.25, 0.3) is 0 Å². The highest BCUT2D eigenvalue weighted by Gasteiger charge is 2.19. The van der Waals surface area contributed by atoms with Crippen molar-refractivity contribution in [1.29, 1.82) is 0 Å². The highest BCUT2D eigenvalue weighted by Crippen LogP contribution is 2.30. The van der Waals surface area contributed by atoms with Crippen molar-refractivity contribution in [1.82, 2.24) is 5.32 Å². The van der Waals surface area contributed by atoms with Gasteiger partial charge in [0, 0.05) is 0 Å². The molecule has 0 aliphatic rings. The topological polar surface area (TPSA) is 56.8 Å². The lowest BCUT2D eigenvalue weighted by Crippen LogP contribution is -2.37. The first kappa shape index (κ1) is 20.6. The molecular weight excluding hydrogens is 342 g/mol. The van der Waals surface area contributed by atoms with Gasteiger partial charge in [-0.1, -0.05) is 38.1 Å². The third kappa shape index (κ3) is 6.20. The summed E-state index contributed by atoms with van der Waals surface area (Å²) in [6.07, 6.45) is -0.592. The molecule has 0 aromatic heterocycles. The molecule has 1 amide bonds. The normalized spacial score (nSPS) is 13.0. The summed E-state index contributed by atoms with van der Waals surface area (Å²) in [6, 6.07) is 14.8. The second-order valence-electron chi connectivity index (χ2n) is 6.92. The van der Waals surface area contributed by atoms with Crippen LogP contribution in [0.3, 0.4) is 0 Å². The SMILES string of the molecule is COc1cc(C(C)NC(=O)C(C)Oc2ccccc2)ccc1OCC(C)C. The number of carbonyl (C=O) groups is 1. The van der Waals surface area contributed by atoms with Crippen LogP contribution in [0.4, 0.5) is 0 Å². The van der Waals surface area contributed by atoms with Gasteiger partial charge in [-0.05, 0) is 49.6 Å². The summed E-state index contributed by atoms with van der Waals surface area (Å²) < 4.78 is 16.9. The lowest BCUT2D eigenvalue weighted by atomic mass is 10.1. The minimum absolute atomic E-state index is 0.176. The molecule has 1 N–H and O–H groups in total. The molecule has 2 aromatic rings. The molecule has 27 heavy (non-hydrogen) atoms. The van der Waals surface area contributed by atoms with Crippen LogP contribution in [0.15, 0.2) is 48.5 Å². The average Bonchev–Trinajstić information content (AvgIpc) is 2.66. The minimum atomic E-state index is -0.592. The first-order valence-corrected chi connectivity index (χ1v) is 9.23. The Hall–Kier alpha value is -2.69. The minimum Gasteiger partial charge on any atom is -0.493 e. The number of nitrogens with one attached hydrogen (secondary N) is 1. The lowest BCUT2D eigenvalue weighted by molar-refractivity contribution is -0.127. The molecule has 2 aromatic carbocycles. The predicted molar refractivity (Wildman–Crippen MR) is 106 cm³/mol. The first-order valence-electron chi connectivity index (χ1n) is 9.23. The molecule has 0 heterocycles. The average molecular weight is 371 g/mol. The predicted octanol–water partition coefficient (Wildman–Crippen LogP) is 4.37. The van der Waals surface area contributed by atoms with Crippen molar-refractivity contribution in [2.45, 2.75) is 39.8 Å². The van der Waals surface area contributed by atoms with E-state index in [0.717, 1.165) is 5.56 Å². The van der Waals surface area contributed by atoms with E-state index in [2.05, 4.69) is 19.2 Å². The van der Waals surface area contributed by atoms with E-state index in [4.69, 9.17) is 14.2 Å². The number of benzene rings is 2. The number of hydrogen-bond acceptors (Lipinski definition) is 4. The van der Waals surface area contributed by atoms with Crippen LogP contribution in [0.5, 0.6) is 17.2 Å². The van der Waals surface area contributed by atoms with Gasteiger partial charge in [-0.2, -0.15) is 0 Å². The number of hydrogen-bond donors (Lipinski definition) is 1. The van der Waals surface area contributed by atoms with Crippen LogP contribution in [-0.2, 0) is 4.79 Å². The van der Waals surface area contributed by atoms with Crippen molar-refractivity contribution in [3.05, 3.63) is 54.1 Å². The van der Waals surface area contributed by atoms with E-state index >= 15 is 0 Å². The monoisotopic (exact) mass is 371 g/mol. The van der Waals surface area contributed by atoms with Crippen LogP contribution in [0, 0.1) is 5.92 Å². The maximum Gasteiger partial charge on any atom is 0.261 e. The first-order chi connectivity index (χ1) is 12.9. The summed E-state index contributed by atoms with van der Waals surface area (Å²) in [5.74, 6) is 2.28. The van der Waals surface area contributed by atoms with Gasteiger partial charge in [0.05, 0.1) is 19.8 Å². The van der Waals surface area contributed by atoms with Gasteiger partial charge in [0.15, 0.2) is 17.6 Å². The highest BCUT2D eigenvalue weighted by atomic mass is 16.5. The van der Waals surface area contributed by atoms with Gasteiger partial charge in [0.25, 0.3) is 5.91 Å². The molecule has 0 radical (unpaired) electrons. The molecule has 5 heteroatoms. The number of rotatable bonds is 9. The van der Waals surface area contributed by atoms with Crippen molar-refractivity contribution in [2.75, 3.05) is 13.7 Å². The van der Waals surface area contributed by atoms with Gasteiger partial charge in [-0.15, -0.1) is 0 Å². The Morgan fingerprint density at radius 1 is 1.00 bits per heavy atom. The zero-order valence-electron chi connectivity index (χ0n) is 16.7. The molecule has 2 atom stereocenters. The molecule has 0 spiro atoms. The van der Waals surface area contributed by atoms with Crippen LogP contribution >= 0.6 is 0 Å². The van der Waals surface area contributed by atoms with Crippen molar-refractivity contribution in [3.63, 3.8) is 0 Å². The Morgan fingerprint density at radius 3 is 2.33 bits per heavy atom. The maximum absolute atomic E-state index is 12.4. The molecule has 2 rings (SSSR count). The zero-order chi connectivity index (χ0) is 19.8. The molecule has 0 bridgehead atoms. The number of carbonyl (C=O) groups excluding carboxylic acids is 1. The Morgan fingerprint density at radius 2 is 1.70 bits per heavy atom. The van der Waals surface area contributed by atoms with Crippen LogP contribution < -0.4 is 19.5 Å². The summed E-state index contributed by atoms with van der Waals surface area (Å²) in [5, 5.41) is 2.98. The molecule has 0 aliphatic heterocycles. The molecular formula is C22H29NO4. The van der Waals surface area contributed by atoms with Gasteiger partial charge in [-0.25, -0.2) is 0 Å². The fraction of sp³-hybridized carbons (Fsp3) is 0.409. The van der Waals surface area contributed by atoms with Gasteiger partial charge >= 0.3 is 0 Å². The van der Waals surface area contributed by atoms with E-state index in [9.17, 15) is 4.79 Å². The fourth-order valence-corrected chi connectivity index (χ4v) is 2.50. The quantitative estimate of drug-likeness (QED) is 0.711. The Bertz CT molecular complexity index is 730. The largest absolute Gasteiger partial charge is 0.493 e. The van der Waals surface area contributed by atoms with E-state index in [1.807, 2.05) is 55.5 Å². The smallest absolute Gasteiger partial charge is 0.261 e. The molecule has 146 valence electrons. The number of ether oxygens (including phenoxy) is 3. The molecule has 0 saturated heterocycles. The summed E-state index contributed by atoms with van der Waals surface area (Å²) >= 11 is 0. The standard InChI is InChI=1S/C22H29NO4/c1-15(2)14-26-20-12-11-18(13-21(20)25-5)16(3)23-22(24)17(4)27-19-9-7-6-8-10-19/h6-13,15-17H,14H2,1-5H3,(H,23,24). The second kappa shape index (κ2) is 9.86. The van der Waals surface area contributed by atoms with Crippen LogP contribution in [0.2, 0.25) is 0 Å². The van der Waals surface area contributed by atoms with Crippen molar-refractivity contribution >= 4 is 5.91 Å². The Kier molecular flexibility index (Phi) is 7.53. The molecule has 0 aliphatic carbocycles. The third-order valence-corrected chi connectivity index (χ3v) is 4.04. The second-order valence-corrected chi connectivity index (χ2v) is 6.92. The number of para-hydroxylation sites is 1. The van der Waals surface area contributed by atoms with Gasteiger partial charge < -0.3 is 19.5 Å². The van der Waals surface area contributed by atoms with Gasteiger partial charge in [-0.3, -0.25) is 4.79 Å². The third-order valence-electron chi connectivity index (χ3n) is 4.04. The molecule has 5 nitrogen and oxygen atoms in total. The Balaban J connectivity index is 1.99. The van der Waals surface area contributed by atoms with E-state index in [0.29, 0.717) is 29.8 Å². The Labute approximate surface area is 161 Å². The van der Waals surface area contributed by atoms with Gasteiger partial charge in [0.2, 0.25) is 0 Å². The van der Waals surface area contributed by atoms with Crippen molar-refractivity contribution in [2.24, 2.45) is 5.92 Å². The van der Waals surface area contributed by atoms with Crippen molar-refractivity contribution < 1.29 is 19.0 Å². The van der Waals surface area contributed by atoms with Crippen LogP contribution in [0.1, 0.15) is 39.3 Å². The summed E-state index contributed by atoms with van der Waals surface area (Å²) in [7, 11) is 1.61. The highest BCUT2D eigenvalue weighted by molar-refractivity contribution is 5.81. The molecule has 0 saturated carbocycles. The van der Waals surface area contributed by atoms with E-state index in [1.165, 1.54) is 0 Å². The summed E-state index contributed by atoms with van der Waals surface area (Å²) in [4.78, 5) is 12.4. The van der Waals surface area contributed by atoms with Gasteiger partial charge in [0.1, 0.15) is 5.75 Å².